The Morgan fingerprint density at radius 1 is 0.950 bits per heavy atom. The van der Waals surface area contributed by atoms with E-state index < -0.39 is 0 Å². The number of carbonyl (C=O) groups excluding carboxylic acids is 1. The predicted octanol–water partition coefficient (Wildman–Crippen LogP) is 3.37. The molecular weight excluding hydrogens is 252 g/mol. The number of hydrogen-bond acceptors (Lipinski definition) is 3. The van der Waals surface area contributed by atoms with Gasteiger partial charge in [0.05, 0.1) is 7.11 Å². The van der Waals surface area contributed by atoms with Crippen molar-refractivity contribution in [2.75, 3.05) is 7.11 Å². The van der Waals surface area contributed by atoms with Crippen LogP contribution in [0.2, 0.25) is 0 Å². The molecule has 0 saturated heterocycles. The molecule has 0 heterocycles. The second-order valence-electron chi connectivity index (χ2n) is 4.49. The fraction of sp³-hybridized carbons (Fsp3) is 0.235. The summed E-state index contributed by atoms with van der Waals surface area (Å²) in [7, 11) is 1.41. The number of benzene rings is 2. The van der Waals surface area contributed by atoms with E-state index in [0.717, 1.165) is 16.9 Å². The number of aryl methyl sites for hydroxylation is 1. The van der Waals surface area contributed by atoms with Gasteiger partial charge in [-0.3, -0.25) is 4.79 Å². The molecule has 104 valence electrons. The van der Waals surface area contributed by atoms with E-state index in [4.69, 9.17) is 4.74 Å². The van der Waals surface area contributed by atoms with Gasteiger partial charge in [-0.1, -0.05) is 42.5 Å². The summed E-state index contributed by atoms with van der Waals surface area (Å²) in [6.07, 6.45) is 1.11. The van der Waals surface area contributed by atoms with Crippen molar-refractivity contribution in [1.82, 2.24) is 0 Å². The van der Waals surface area contributed by atoms with Gasteiger partial charge in [-0.15, -0.1) is 0 Å². The molecule has 0 saturated carbocycles. The van der Waals surface area contributed by atoms with Crippen molar-refractivity contribution in [1.29, 1.82) is 0 Å². The van der Waals surface area contributed by atoms with Crippen molar-refractivity contribution in [2.24, 2.45) is 0 Å². The van der Waals surface area contributed by atoms with Crippen molar-refractivity contribution in [2.45, 2.75) is 19.4 Å². The highest BCUT2D eigenvalue weighted by Gasteiger charge is 2.02. The Morgan fingerprint density at radius 2 is 1.60 bits per heavy atom. The molecule has 0 bridgehead atoms. The maximum Gasteiger partial charge on any atom is 0.305 e. The first-order chi connectivity index (χ1) is 9.78. The van der Waals surface area contributed by atoms with Gasteiger partial charge in [0.2, 0.25) is 0 Å². The van der Waals surface area contributed by atoms with Gasteiger partial charge in [-0.25, -0.2) is 0 Å². The van der Waals surface area contributed by atoms with Crippen molar-refractivity contribution in [3.05, 3.63) is 65.7 Å². The summed E-state index contributed by atoms with van der Waals surface area (Å²) in [4.78, 5) is 11.1. The molecule has 0 amide bonds. The minimum absolute atomic E-state index is 0.179. The second kappa shape index (κ2) is 7.34. The zero-order chi connectivity index (χ0) is 14.2. The molecule has 20 heavy (non-hydrogen) atoms. The number of hydrogen-bond donors (Lipinski definition) is 0. The summed E-state index contributed by atoms with van der Waals surface area (Å²) in [5.41, 5.74) is 2.23. The van der Waals surface area contributed by atoms with Crippen LogP contribution in [0.25, 0.3) is 0 Å². The van der Waals surface area contributed by atoms with Gasteiger partial charge in [0.15, 0.2) is 0 Å². The van der Waals surface area contributed by atoms with E-state index >= 15 is 0 Å². The number of para-hydroxylation sites is 1. The summed E-state index contributed by atoms with van der Waals surface area (Å²) < 4.78 is 10.3. The van der Waals surface area contributed by atoms with Gasteiger partial charge in [0.1, 0.15) is 12.4 Å². The molecule has 0 aromatic heterocycles. The minimum atomic E-state index is -0.179. The van der Waals surface area contributed by atoms with E-state index in [9.17, 15) is 4.79 Å². The molecule has 0 atom stereocenters. The first-order valence-corrected chi connectivity index (χ1v) is 6.60. The number of ether oxygens (including phenoxy) is 2. The van der Waals surface area contributed by atoms with Crippen LogP contribution in [-0.4, -0.2) is 13.1 Å². The largest absolute Gasteiger partial charge is 0.489 e. The lowest BCUT2D eigenvalue weighted by Gasteiger charge is -2.07. The topological polar surface area (TPSA) is 35.5 Å². The van der Waals surface area contributed by atoms with Crippen LogP contribution in [0.3, 0.4) is 0 Å². The van der Waals surface area contributed by atoms with Crippen LogP contribution in [0.15, 0.2) is 54.6 Å². The third-order valence-corrected chi connectivity index (χ3v) is 3.02. The van der Waals surface area contributed by atoms with Crippen molar-refractivity contribution >= 4 is 5.97 Å². The van der Waals surface area contributed by atoms with E-state index in [2.05, 4.69) is 4.74 Å². The second-order valence-corrected chi connectivity index (χ2v) is 4.49. The van der Waals surface area contributed by atoms with Gasteiger partial charge in [0, 0.05) is 6.42 Å². The summed E-state index contributed by atoms with van der Waals surface area (Å²) in [5.74, 6) is 0.684. The molecule has 3 nitrogen and oxygen atoms in total. The Kier molecular flexibility index (Phi) is 5.18. The van der Waals surface area contributed by atoms with Crippen LogP contribution >= 0.6 is 0 Å². The molecule has 2 aromatic rings. The van der Waals surface area contributed by atoms with Gasteiger partial charge < -0.3 is 9.47 Å². The van der Waals surface area contributed by atoms with Crippen LogP contribution in [0.4, 0.5) is 0 Å². The molecule has 0 radical (unpaired) electrons. The Balaban J connectivity index is 1.84. The van der Waals surface area contributed by atoms with Gasteiger partial charge in [0.25, 0.3) is 0 Å². The lowest BCUT2D eigenvalue weighted by Crippen LogP contribution is -2.02. The average molecular weight is 270 g/mol. The van der Waals surface area contributed by atoms with Crippen molar-refractivity contribution < 1.29 is 14.3 Å². The normalized spacial score (nSPS) is 10.1. The molecule has 0 aliphatic carbocycles. The van der Waals surface area contributed by atoms with Crippen LogP contribution in [0, 0.1) is 0 Å². The number of rotatable bonds is 6. The monoisotopic (exact) mass is 270 g/mol. The summed E-state index contributed by atoms with van der Waals surface area (Å²) in [6.45, 7) is 0.543. The Labute approximate surface area is 119 Å². The highest BCUT2D eigenvalue weighted by atomic mass is 16.5. The molecule has 0 fully saturated rings. The number of methoxy groups -OCH3 is 1. The van der Waals surface area contributed by atoms with Crippen LogP contribution in [0.1, 0.15) is 17.5 Å². The lowest BCUT2D eigenvalue weighted by atomic mass is 10.1. The lowest BCUT2D eigenvalue weighted by molar-refractivity contribution is -0.140. The van der Waals surface area contributed by atoms with E-state index in [1.165, 1.54) is 7.11 Å². The number of carbonyl (C=O) groups is 1. The molecule has 0 spiro atoms. The molecule has 2 rings (SSSR count). The van der Waals surface area contributed by atoms with Gasteiger partial charge >= 0.3 is 5.97 Å². The smallest absolute Gasteiger partial charge is 0.305 e. The van der Waals surface area contributed by atoms with E-state index in [0.29, 0.717) is 19.4 Å². The summed E-state index contributed by atoms with van der Waals surface area (Å²) in [6, 6.07) is 17.8. The highest BCUT2D eigenvalue weighted by molar-refractivity contribution is 5.69. The first-order valence-electron chi connectivity index (χ1n) is 6.60. The summed E-state index contributed by atoms with van der Waals surface area (Å²) >= 11 is 0. The quantitative estimate of drug-likeness (QED) is 0.755. The predicted molar refractivity (Wildman–Crippen MR) is 77.6 cm³/mol. The molecule has 0 aliphatic rings. The van der Waals surface area contributed by atoms with Crippen molar-refractivity contribution in [3.63, 3.8) is 0 Å². The fourth-order valence-corrected chi connectivity index (χ4v) is 1.83. The average Bonchev–Trinajstić information content (AvgIpc) is 2.52. The Hall–Kier alpha value is -2.29. The molecule has 3 heteroatoms. The minimum Gasteiger partial charge on any atom is -0.489 e. The molecule has 0 aliphatic heterocycles. The maximum atomic E-state index is 11.1. The summed E-state index contributed by atoms with van der Waals surface area (Å²) in [5, 5.41) is 0. The van der Waals surface area contributed by atoms with E-state index in [-0.39, 0.29) is 5.97 Å². The molecule has 0 unspecified atom stereocenters. The Bertz CT molecular complexity index is 532. The first kappa shape index (κ1) is 14.1. The van der Waals surface area contributed by atoms with Crippen LogP contribution in [-0.2, 0) is 22.6 Å². The third-order valence-electron chi connectivity index (χ3n) is 3.02. The molecular formula is C17H18O3. The van der Waals surface area contributed by atoms with Gasteiger partial charge in [-0.2, -0.15) is 0 Å². The highest BCUT2D eigenvalue weighted by Crippen LogP contribution is 2.13. The molecule has 2 aromatic carbocycles. The van der Waals surface area contributed by atoms with Crippen LogP contribution < -0.4 is 4.74 Å². The third kappa shape index (κ3) is 4.43. The van der Waals surface area contributed by atoms with Crippen LogP contribution in [0.5, 0.6) is 5.75 Å². The Morgan fingerprint density at radius 3 is 2.25 bits per heavy atom. The standard InChI is InChI=1S/C17H18O3/c1-19-17(18)12-11-14-7-9-15(10-8-14)13-20-16-5-3-2-4-6-16/h2-10H,11-13H2,1H3. The zero-order valence-corrected chi connectivity index (χ0v) is 11.5. The fourth-order valence-electron chi connectivity index (χ4n) is 1.83. The maximum absolute atomic E-state index is 11.1. The van der Waals surface area contributed by atoms with E-state index in [1.54, 1.807) is 0 Å². The number of esters is 1. The SMILES string of the molecule is COC(=O)CCc1ccc(COc2ccccc2)cc1. The van der Waals surface area contributed by atoms with Gasteiger partial charge in [-0.05, 0) is 29.7 Å². The van der Waals surface area contributed by atoms with Crippen molar-refractivity contribution in [3.8, 4) is 5.75 Å². The van der Waals surface area contributed by atoms with E-state index in [1.807, 2.05) is 54.6 Å². The molecule has 0 N–H and O–H groups in total. The zero-order valence-electron chi connectivity index (χ0n) is 11.5.